The van der Waals surface area contributed by atoms with E-state index in [0.717, 1.165) is 21.3 Å². The molecule has 0 saturated carbocycles. The van der Waals surface area contributed by atoms with Crippen LogP contribution in [0.2, 0.25) is 0 Å². The maximum atomic E-state index is 13.4. The highest BCUT2D eigenvalue weighted by Crippen LogP contribution is 2.35. The first-order valence-corrected chi connectivity index (χ1v) is 11.7. The van der Waals surface area contributed by atoms with Gasteiger partial charge in [-0.15, -0.1) is 11.3 Å². The van der Waals surface area contributed by atoms with Crippen LogP contribution in [0.25, 0.3) is 27.0 Å². The predicted molar refractivity (Wildman–Crippen MR) is 135 cm³/mol. The Morgan fingerprint density at radius 2 is 1.79 bits per heavy atom. The number of ether oxygens (including phenoxy) is 1. The van der Waals surface area contributed by atoms with Crippen molar-refractivity contribution in [3.63, 3.8) is 0 Å². The highest BCUT2D eigenvalue weighted by Gasteiger charge is 2.21. The molecule has 3 aromatic carbocycles. The van der Waals surface area contributed by atoms with E-state index in [1.54, 1.807) is 53.4 Å². The van der Waals surface area contributed by atoms with Crippen LogP contribution in [-0.2, 0) is 4.74 Å². The summed E-state index contributed by atoms with van der Waals surface area (Å²) < 4.78 is 7.91. The van der Waals surface area contributed by atoms with Gasteiger partial charge in [0.15, 0.2) is 0 Å². The minimum atomic E-state index is -0.430. The number of benzene rings is 3. The van der Waals surface area contributed by atoms with Crippen molar-refractivity contribution >= 4 is 39.0 Å². The van der Waals surface area contributed by atoms with Crippen molar-refractivity contribution in [1.29, 1.82) is 0 Å². The third kappa shape index (κ3) is 4.21. The van der Waals surface area contributed by atoms with Crippen LogP contribution < -0.4 is 5.32 Å². The number of nitrogens with one attached hydrogen (secondary N) is 1. The number of hydrogen-bond acceptors (Lipinski definition) is 5. The van der Waals surface area contributed by atoms with Gasteiger partial charge in [0.05, 0.1) is 23.4 Å². The zero-order chi connectivity index (χ0) is 23.5. The van der Waals surface area contributed by atoms with Gasteiger partial charge in [-0.25, -0.2) is 9.48 Å². The van der Waals surface area contributed by atoms with E-state index in [4.69, 9.17) is 9.84 Å². The lowest BCUT2D eigenvalue weighted by atomic mass is 10.1. The molecular formula is C27H21N3O3S. The molecule has 34 heavy (non-hydrogen) atoms. The number of esters is 1. The minimum absolute atomic E-state index is 0.284. The fraction of sp³-hybridized carbons (Fsp3) is 0.0741. The maximum absolute atomic E-state index is 13.4. The minimum Gasteiger partial charge on any atom is -0.462 e. The maximum Gasteiger partial charge on any atom is 0.338 e. The first kappa shape index (κ1) is 21.6. The van der Waals surface area contributed by atoms with Gasteiger partial charge >= 0.3 is 5.97 Å². The highest BCUT2D eigenvalue weighted by molar-refractivity contribution is 7.17. The Morgan fingerprint density at radius 3 is 2.62 bits per heavy atom. The standard InChI is InChI=1S/C27H21N3O3S/c1-2-33-27(32)18-9-8-10-19(15-18)28-26(31)22-16-30(20-11-4-3-5-12-20)29-25(22)23-17-34-24-14-7-6-13-21(23)24/h3-17H,2H2,1H3,(H,28,31). The molecule has 5 rings (SSSR count). The molecule has 1 N–H and O–H groups in total. The Balaban J connectivity index is 1.55. The second kappa shape index (κ2) is 9.33. The van der Waals surface area contributed by atoms with Crippen LogP contribution in [0.5, 0.6) is 0 Å². The lowest BCUT2D eigenvalue weighted by molar-refractivity contribution is 0.0526. The van der Waals surface area contributed by atoms with Crippen LogP contribution in [0.1, 0.15) is 27.6 Å². The SMILES string of the molecule is CCOC(=O)c1cccc(NC(=O)c2cn(-c3ccccc3)nc2-c2csc3ccccc23)c1. The molecule has 0 aliphatic heterocycles. The van der Waals surface area contributed by atoms with Gasteiger partial charge < -0.3 is 10.1 Å². The van der Waals surface area contributed by atoms with Crippen molar-refractivity contribution in [2.24, 2.45) is 0 Å². The second-order valence-corrected chi connectivity index (χ2v) is 8.48. The number of rotatable bonds is 6. The third-order valence-electron chi connectivity index (χ3n) is 5.35. The van der Waals surface area contributed by atoms with Crippen LogP contribution in [-0.4, -0.2) is 28.3 Å². The van der Waals surface area contributed by atoms with Gasteiger partial charge in [-0.2, -0.15) is 5.10 Å². The molecule has 0 fully saturated rings. The lowest BCUT2D eigenvalue weighted by Crippen LogP contribution is -2.13. The fourth-order valence-electron chi connectivity index (χ4n) is 3.75. The van der Waals surface area contributed by atoms with Crippen molar-refractivity contribution in [2.75, 3.05) is 11.9 Å². The molecule has 6 nitrogen and oxygen atoms in total. The van der Waals surface area contributed by atoms with E-state index in [9.17, 15) is 9.59 Å². The number of aromatic nitrogens is 2. The summed E-state index contributed by atoms with van der Waals surface area (Å²) in [4.78, 5) is 25.5. The van der Waals surface area contributed by atoms with Gasteiger partial charge in [0.25, 0.3) is 5.91 Å². The molecule has 0 saturated heterocycles. The molecule has 7 heteroatoms. The summed E-state index contributed by atoms with van der Waals surface area (Å²) in [5, 5.41) is 10.8. The first-order valence-electron chi connectivity index (χ1n) is 10.8. The molecule has 0 atom stereocenters. The quantitative estimate of drug-likeness (QED) is 0.303. The Kier molecular flexibility index (Phi) is 5.93. The smallest absolute Gasteiger partial charge is 0.338 e. The number of para-hydroxylation sites is 1. The van der Waals surface area contributed by atoms with Crippen molar-refractivity contribution in [1.82, 2.24) is 9.78 Å². The number of anilines is 1. The largest absolute Gasteiger partial charge is 0.462 e. The number of carbonyl (C=O) groups is 2. The van der Waals surface area contributed by atoms with E-state index >= 15 is 0 Å². The molecule has 0 unspecified atom stereocenters. The summed E-state index contributed by atoms with van der Waals surface area (Å²) in [6, 6.07) is 24.4. The molecule has 2 heterocycles. The molecule has 0 aliphatic rings. The van der Waals surface area contributed by atoms with Crippen molar-refractivity contribution in [2.45, 2.75) is 6.92 Å². The molecule has 0 radical (unpaired) electrons. The van der Waals surface area contributed by atoms with E-state index < -0.39 is 5.97 Å². The van der Waals surface area contributed by atoms with E-state index in [1.165, 1.54) is 0 Å². The molecule has 1 amide bonds. The first-order chi connectivity index (χ1) is 16.6. The van der Waals surface area contributed by atoms with Gasteiger partial charge in [-0.05, 0) is 43.3 Å². The summed E-state index contributed by atoms with van der Waals surface area (Å²) in [7, 11) is 0. The molecule has 0 spiro atoms. The number of fused-ring (bicyclic) bond motifs is 1. The number of thiophene rings is 1. The van der Waals surface area contributed by atoms with Crippen LogP contribution >= 0.6 is 11.3 Å². The van der Waals surface area contributed by atoms with Crippen LogP contribution in [0.15, 0.2) is 90.4 Å². The van der Waals surface area contributed by atoms with Gasteiger partial charge in [0.2, 0.25) is 0 Å². The molecule has 0 aliphatic carbocycles. The fourth-order valence-corrected chi connectivity index (χ4v) is 4.70. The van der Waals surface area contributed by atoms with Crippen molar-refractivity contribution < 1.29 is 14.3 Å². The summed E-state index contributed by atoms with van der Waals surface area (Å²) in [6.45, 7) is 2.04. The van der Waals surface area contributed by atoms with E-state index in [-0.39, 0.29) is 12.5 Å². The molecule has 2 aromatic heterocycles. The average Bonchev–Trinajstić information content (AvgIpc) is 3.49. The van der Waals surface area contributed by atoms with Crippen LogP contribution in [0.4, 0.5) is 5.69 Å². The number of hydrogen-bond donors (Lipinski definition) is 1. The Labute approximate surface area is 200 Å². The number of carbonyl (C=O) groups excluding carboxylic acids is 2. The Bertz CT molecular complexity index is 1490. The predicted octanol–water partition coefficient (Wildman–Crippen LogP) is 6.18. The van der Waals surface area contributed by atoms with Crippen LogP contribution in [0.3, 0.4) is 0 Å². The van der Waals surface area contributed by atoms with E-state index in [2.05, 4.69) is 11.4 Å². The van der Waals surface area contributed by atoms with Gasteiger partial charge in [-0.3, -0.25) is 4.79 Å². The second-order valence-electron chi connectivity index (χ2n) is 7.57. The summed E-state index contributed by atoms with van der Waals surface area (Å²) in [5.74, 6) is -0.741. The zero-order valence-electron chi connectivity index (χ0n) is 18.4. The molecule has 168 valence electrons. The Morgan fingerprint density at radius 1 is 1.00 bits per heavy atom. The summed E-state index contributed by atoms with van der Waals surface area (Å²) in [5.41, 5.74) is 3.68. The van der Waals surface area contributed by atoms with Gasteiger partial charge in [-0.1, -0.05) is 42.5 Å². The zero-order valence-corrected chi connectivity index (χ0v) is 19.2. The lowest BCUT2D eigenvalue weighted by Gasteiger charge is -2.07. The molecular weight excluding hydrogens is 446 g/mol. The van der Waals surface area contributed by atoms with Crippen molar-refractivity contribution in [3.05, 3.63) is 102 Å². The number of amides is 1. The van der Waals surface area contributed by atoms with Crippen molar-refractivity contribution in [3.8, 4) is 16.9 Å². The molecule has 5 aromatic rings. The Hall–Kier alpha value is -4.23. The molecule has 0 bridgehead atoms. The summed E-state index contributed by atoms with van der Waals surface area (Å²) in [6.07, 6.45) is 1.74. The third-order valence-corrected chi connectivity index (χ3v) is 6.31. The van der Waals surface area contributed by atoms with E-state index in [0.29, 0.717) is 22.5 Å². The topological polar surface area (TPSA) is 73.2 Å². The highest BCUT2D eigenvalue weighted by atomic mass is 32.1. The van der Waals surface area contributed by atoms with Crippen LogP contribution in [0, 0.1) is 0 Å². The van der Waals surface area contributed by atoms with E-state index in [1.807, 2.05) is 53.9 Å². The van der Waals surface area contributed by atoms with Gasteiger partial charge in [0, 0.05) is 32.9 Å². The van der Waals surface area contributed by atoms with Gasteiger partial charge in [0.1, 0.15) is 5.69 Å². The normalized spacial score (nSPS) is 10.9. The summed E-state index contributed by atoms with van der Waals surface area (Å²) >= 11 is 1.62. The monoisotopic (exact) mass is 467 g/mol. The number of nitrogens with zero attached hydrogens (tertiary/aromatic N) is 2. The average molecular weight is 468 g/mol.